The van der Waals surface area contributed by atoms with Gasteiger partial charge in [0.05, 0.1) is 21.1 Å². The fourth-order valence-corrected chi connectivity index (χ4v) is 3.20. The molecular weight excluding hydrogens is 392 g/mol. The maximum atomic E-state index is 6.45. The molecule has 1 nitrogen and oxygen atoms in total. The molecule has 2 aromatic rings. The highest BCUT2D eigenvalue weighted by molar-refractivity contribution is 9.10. The zero-order valence-electron chi connectivity index (χ0n) is 11.5. The zero-order chi connectivity index (χ0) is 15.4. The minimum atomic E-state index is -0.0962. The van der Waals surface area contributed by atoms with Gasteiger partial charge in [-0.1, -0.05) is 66.0 Å². The van der Waals surface area contributed by atoms with Gasteiger partial charge in [0.1, 0.15) is 0 Å². The van der Waals surface area contributed by atoms with Gasteiger partial charge in [-0.15, -0.1) is 0 Å². The van der Waals surface area contributed by atoms with Crippen molar-refractivity contribution < 1.29 is 0 Å². The molecule has 1 atom stereocenters. The summed E-state index contributed by atoms with van der Waals surface area (Å²) in [6.07, 6.45) is 1.01. The van der Waals surface area contributed by atoms with Crippen molar-refractivity contribution in [1.29, 1.82) is 0 Å². The monoisotopic (exact) mass is 405 g/mol. The van der Waals surface area contributed by atoms with Crippen molar-refractivity contribution >= 4 is 50.7 Å². The molecule has 0 fully saturated rings. The Morgan fingerprint density at radius 3 is 2.29 bits per heavy atom. The SMILES string of the molecule is CCCNC(c1cccc(Cl)c1Cl)c1cccc(Br)c1Cl. The third-order valence-corrected chi connectivity index (χ3v) is 5.33. The van der Waals surface area contributed by atoms with E-state index in [9.17, 15) is 0 Å². The molecule has 0 aliphatic rings. The Balaban J connectivity index is 2.52. The van der Waals surface area contributed by atoms with Crippen LogP contribution >= 0.6 is 50.7 Å². The third kappa shape index (κ3) is 3.94. The summed E-state index contributed by atoms with van der Waals surface area (Å²) in [7, 11) is 0. The highest BCUT2D eigenvalue weighted by atomic mass is 79.9. The fraction of sp³-hybridized carbons (Fsp3) is 0.250. The summed E-state index contributed by atoms with van der Waals surface area (Å²) in [6, 6.07) is 11.4. The molecule has 2 aromatic carbocycles. The minimum Gasteiger partial charge on any atom is -0.306 e. The fourth-order valence-electron chi connectivity index (χ4n) is 2.16. The molecule has 21 heavy (non-hydrogen) atoms. The van der Waals surface area contributed by atoms with E-state index in [1.165, 1.54) is 0 Å². The van der Waals surface area contributed by atoms with E-state index < -0.39 is 0 Å². The van der Waals surface area contributed by atoms with Crippen LogP contribution in [0.3, 0.4) is 0 Å². The lowest BCUT2D eigenvalue weighted by molar-refractivity contribution is 0.598. The van der Waals surface area contributed by atoms with Crippen molar-refractivity contribution in [3.05, 3.63) is 67.1 Å². The Hall–Kier alpha value is -0.250. The van der Waals surface area contributed by atoms with E-state index >= 15 is 0 Å². The lowest BCUT2D eigenvalue weighted by atomic mass is 9.98. The van der Waals surface area contributed by atoms with Gasteiger partial charge in [0.25, 0.3) is 0 Å². The second-order valence-corrected chi connectivity index (χ2v) is 6.69. The van der Waals surface area contributed by atoms with Crippen LogP contribution in [0.1, 0.15) is 30.5 Å². The van der Waals surface area contributed by atoms with Gasteiger partial charge in [0.15, 0.2) is 0 Å². The zero-order valence-corrected chi connectivity index (χ0v) is 15.3. The van der Waals surface area contributed by atoms with Gasteiger partial charge in [-0.2, -0.15) is 0 Å². The van der Waals surface area contributed by atoms with Crippen molar-refractivity contribution in [2.45, 2.75) is 19.4 Å². The molecule has 1 N–H and O–H groups in total. The summed E-state index contributed by atoms with van der Waals surface area (Å²) >= 11 is 22.4. The quantitative estimate of drug-likeness (QED) is 0.597. The van der Waals surface area contributed by atoms with Crippen LogP contribution in [0, 0.1) is 0 Å². The van der Waals surface area contributed by atoms with Crippen LogP contribution < -0.4 is 5.32 Å². The topological polar surface area (TPSA) is 12.0 Å². The maximum Gasteiger partial charge on any atom is 0.0643 e. The molecule has 0 amide bonds. The predicted molar refractivity (Wildman–Crippen MR) is 95.8 cm³/mol. The number of rotatable bonds is 5. The lowest BCUT2D eigenvalue weighted by Crippen LogP contribution is -2.24. The Bertz CT molecular complexity index is 579. The van der Waals surface area contributed by atoms with Gasteiger partial charge < -0.3 is 5.32 Å². The van der Waals surface area contributed by atoms with Gasteiger partial charge >= 0.3 is 0 Å². The molecule has 0 heterocycles. The first kappa shape index (κ1) is 17.1. The Kier molecular flexibility index (Phi) is 6.39. The molecule has 2 rings (SSSR count). The average Bonchev–Trinajstić information content (AvgIpc) is 2.47. The van der Waals surface area contributed by atoms with Crippen LogP contribution in [0.5, 0.6) is 0 Å². The van der Waals surface area contributed by atoms with E-state index in [1.807, 2.05) is 30.3 Å². The summed E-state index contributed by atoms with van der Waals surface area (Å²) in [5.74, 6) is 0. The molecule has 0 aliphatic heterocycles. The first-order valence-corrected chi connectivity index (χ1v) is 8.60. The summed E-state index contributed by atoms with van der Waals surface area (Å²) in [5.41, 5.74) is 1.90. The van der Waals surface area contributed by atoms with Crippen molar-refractivity contribution in [3.63, 3.8) is 0 Å². The number of benzene rings is 2. The highest BCUT2D eigenvalue weighted by Gasteiger charge is 2.21. The first-order chi connectivity index (χ1) is 10.1. The van der Waals surface area contributed by atoms with Crippen molar-refractivity contribution in [1.82, 2.24) is 5.32 Å². The third-order valence-electron chi connectivity index (χ3n) is 3.18. The van der Waals surface area contributed by atoms with Gasteiger partial charge in [-0.05, 0) is 52.2 Å². The molecule has 0 saturated heterocycles. The summed E-state index contributed by atoms with van der Waals surface area (Å²) in [6.45, 7) is 2.97. The van der Waals surface area contributed by atoms with Crippen molar-refractivity contribution in [2.75, 3.05) is 6.54 Å². The standard InChI is InChI=1S/C16H15BrCl3N/c1-2-9-21-16(10-5-3-7-12(17)14(10)19)11-6-4-8-13(18)15(11)20/h3-8,16,21H,2,9H2,1H3. The summed E-state index contributed by atoms with van der Waals surface area (Å²) in [4.78, 5) is 0. The molecule has 1 unspecified atom stereocenters. The lowest BCUT2D eigenvalue weighted by Gasteiger charge is -2.22. The highest BCUT2D eigenvalue weighted by Crippen LogP contribution is 2.37. The van der Waals surface area contributed by atoms with Crippen molar-refractivity contribution in [3.8, 4) is 0 Å². The molecule has 0 aromatic heterocycles. The molecule has 5 heteroatoms. The molecule has 0 bridgehead atoms. The number of nitrogens with one attached hydrogen (secondary N) is 1. The normalized spacial score (nSPS) is 12.4. The van der Waals surface area contributed by atoms with Gasteiger partial charge in [-0.3, -0.25) is 0 Å². The van der Waals surface area contributed by atoms with E-state index in [4.69, 9.17) is 34.8 Å². The molecule has 0 spiro atoms. The van der Waals surface area contributed by atoms with Crippen LogP contribution in [0.15, 0.2) is 40.9 Å². The van der Waals surface area contributed by atoms with E-state index in [1.54, 1.807) is 6.07 Å². The minimum absolute atomic E-state index is 0.0962. The smallest absolute Gasteiger partial charge is 0.0643 e. The predicted octanol–water partition coefficient (Wildman–Crippen LogP) is 6.50. The maximum absolute atomic E-state index is 6.45. The largest absolute Gasteiger partial charge is 0.306 e. The molecular formula is C16H15BrCl3N. The Morgan fingerprint density at radius 1 is 1.00 bits per heavy atom. The van der Waals surface area contributed by atoms with Crippen LogP contribution in [-0.4, -0.2) is 6.54 Å². The van der Waals surface area contributed by atoms with Crippen LogP contribution in [-0.2, 0) is 0 Å². The van der Waals surface area contributed by atoms with Crippen molar-refractivity contribution in [2.24, 2.45) is 0 Å². The number of hydrogen-bond acceptors (Lipinski definition) is 1. The van der Waals surface area contributed by atoms with E-state index in [2.05, 4.69) is 28.2 Å². The van der Waals surface area contributed by atoms with Crippen LogP contribution in [0.25, 0.3) is 0 Å². The first-order valence-electron chi connectivity index (χ1n) is 6.67. The molecule has 0 aliphatic carbocycles. The van der Waals surface area contributed by atoms with E-state index in [-0.39, 0.29) is 6.04 Å². The van der Waals surface area contributed by atoms with Crippen LogP contribution in [0.4, 0.5) is 0 Å². The molecule has 112 valence electrons. The second kappa shape index (κ2) is 7.85. The molecule has 0 radical (unpaired) electrons. The van der Waals surface area contributed by atoms with E-state index in [0.29, 0.717) is 15.1 Å². The Labute approximate surface area is 148 Å². The van der Waals surface area contributed by atoms with Gasteiger partial charge in [0.2, 0.25) is 0 Å². The molecule has 0 saturated carbocycles. The average molecular weight is 408 g/mol. The van der Waals surface area contributed by atoms with Crippen LogP contribution in [0.2, 0.25) is 15.1 Å². The number of hydrogen-bond donors (Lipinski definition) is 1. The summed E-state index contributed by atoms with van der Waals surface area (Å²) in [5, 5.41) is 5.28. The van der Waals surface area contributed by atoms with Gasteiger partial charge in [0, 0.05) is 4.47 Å². The van der Waals surface area contributed by atoms with E-state index in [0.717, 1.165) is 28.6 Å². The van der Waals surface area contributed by atoms with Gasteiger partial charge in [-0.25, -0.2) is 0 Å². The summed E-state index contributed by atoms with van der Waals surface area (Å²) < 4.78 is 0.864. The Morgan fingerprint density at radius 2 is 1.62 bits per heavy atom. The number of halogens is 4. The second-order valence-electron chi connectivity index (χ2n) is 4.67.